The lowest BCUT2D eigenvalue weighted by Crippen LogP contribution is -2.44. The highest BCUT2D eigenvalue weighted by Crippen LogP contribution is 2.16. The van der Waals surface area contributed by atoms with Gasteiger partial charge in [-0.15, -0.1) is 0 Å². The van der Waals surface area contributed by atoms with Crippen LogP contribution in [0.5, 0.6) is 0 Å². The van der Waals surface area contributed by atoms with E-state index < -0.39 is 6.17 Å². The van der Waals surface area contributed by atoms with Crippen LogP contribution < -0.4 is 5.32 Å². The second-order valence-electron chi connectivity index (χ2n) is 10.0. The standard InChI is InChI=1S/C30H40F2N2O2/c1-2-3-4-7-23-10-12-24(13-11-23)20-28(22-34-19-18-27(32)21-34)33-30(36)9-6-5-8-29(35)25-14-16-26(31)17-15-25/h10-17,27-28H,2-9,18-22H2,1H3,(H,33,36)/t27-,28+/m1/s1. The van der Waals surface area contributed by atoms with Crippen molar-refractivity contribution in [2.45, 2.75) is 83.3 Å². The first-order chi connectivity index (χ1) is 17.4. The van der Waals surface area contributed by atoms with E-state index in [1.165, 1.54) is 54.7 Å². The molecule has 0 aliphatic carbocycles. The van der Waals surface area contributed by atoms with Gasteiger partial charge in [-0.2, -0.15) is 0 Å². The van der Waals surface area contributed by atoms with Crippen molar-refractivity contribution in [3.05, 3.63) is 71.0 Å². The molecule has 2 aromatic carbocycles. The minimum atomic E-state index is -0.789. The van der Waals surface area contributed by atoms with Gasteiger partial charge in [-0.1, -0.05) is 44.0 Å². The summed E-state index contributed by atoms with van der Waals surface area (Å²) in [5.74, 6) is -0.445. The van der Waals surface area contributed by atoms with Crippen LogP contribution in [-0.2, 0) is 17.6 Å². The number of nitrogens with zero attached hydrogens (tertiary/aromatic N) is 1. The average Bonchev–Trinajstić information content (AvgIpc) is 3.27. The molecule has 1 amide bonds. The molecule has 1 saturated heterocycles. The third-order valence-corrected chi connectivity index (χ3v) is 6.86. The molecule has 0 radical (unpaired) electrons. The molecule has 1 aliphatic rings. The molecule has 2 atom stereocenters. The van der Waals surface area contributed by atoms with Gasteiger partial charge in [0, 0.05) is 44.1 Å². The van der Waals surface area contributed by atoms with Crippen molar-refractivity contribution >= 4 is 11.7 Å². The molecule has 1 fully saturated rings. The largest absolute Gasteiger partial charge is 0.352 e. The normalized spacial score (nSPS) is 16.7. The Hall–Kier alpha value is -2.60. The minimum Gasteiger partial charge on any atom is -0.352 e. The third kappa shape index (κ3) is 9.81. The third-order valence-electron chi connectivity index (χ3n) is 6.86. The predicted molar refractivity (Wildman–Crippen MR) is 140 cm³/mol. The van der Waals surface area contributed by atoms with Crippen molar-refractivity contribution in [3.8, 4) is 0 Å². The van der Waals surface area contributed by atoms with Gasteiger partial charge in [0.2, 0.25) is 5.91 Å². The summed E-state index contributed by atoms with van der Waals surface area (Å²) in [5.41, 5.74) is 3.00. The van der Waals surface area contributed by atoms with Crippen LogP contribution in [0.15, 0.2) is 48.5 Å². The smallest absolute Gasteiger partial charge is 0.220 e. The molecule has 0 spiro atoms. The fraction of sp³-hybridized carbons (Fsp3) is 0.533. The van der Waals surface area contributed by atoms with E-state index in [9.17, 15) is 18.4 Å². The summed E-state index contributed by atoms with van der Waals surface area (Å²) in [6.45, 7) is 3.98. The first kappa shape index (κ1) is 28.0. The van der Waals surface area contributed by atoms with Crippen LogP contribution in [0, 0.1) is 5.82 Å². The maximum atomic E-state index is 13.7. The monoisotopic (exact) mass is 498 g/mol. The molecular formula is C30H40F2N2O2. The number of nitrogens with one attached hydrogen (secondary N) is 1. The Kier molecular flexibility index (Phi) is 11.5. The van der Waals surface area contributed by atoms with Gasteiger partial charge in [0.25, 0.3) is 0 Å². The van der Waals surface area contributed by atoms with E-state index in [1.54, 1.807) is 0 Å². The van der Waals surface area contributed by atoms with E-state index in [4.69, 9.17) is 0 Å². The molecule has 196 valence electrons. The molecule has 1 aliphatic heterocycles. The number of halogens is 2. The Morgan fingerprint density at radius 3 is 2.33 bits per heavy atom. The Morgan fingerprint density at radius 2 is 1.67 bits per heavy atom. The molecule has 1 N–H and O–H groups in total. The molecule has 36 heavy (non-hydrogen) atoms. The molecule has 0 unspecified atom stereocenters. The number of hydrogen-bond acceptors (Lipinski definition) is 3. The van der Waals surface area contributed by atoms with Crippen molar-refractivity contribution in [3.63, 3.8) is 0 Å². The van der Waals surface area contributed by atoms with Crippen LogP contribution in [0.2, 0.25) is 0 Å². The highest BCUT2D eigenvalue weighted by atomic mass is 19.1. The Bertz CT molecular complexity index is 946. The van der Waals surface area contributed by atoms with Gasteiger partial charge in [0.1, 0.15) is 12.0 Å². The van der Waals surface area contributed by atoms with Crippen LogP contribution in [0.3, 0.4) is 0 Å². The number of rotatable bonds is 15. The first-order valence-electron chi connectivity index (χ1n) is 13.4. The Labute approximate surface area is 214 Å². The maximum absolute atomic E-state index is 13.7. The Morgan fingerprint density at radius 1 is 0.972 bits per heavy atom. The average molecular weight is 499 g/mol. The van der Waals surface area contributed by atoms with E-state index in [0.717, 1.165) is 13.0 Å². The number of likely N-dealkylation sites (tertiary alicyclic amines) is 1. The van der Waals surface area contributed by atoms with Crippen LogP contribution in [0.4, 0.5) is 8.78 Å². The van der Waals surface area contributed by atoms with Crippen molar-refractivity contribution in [1.82, 2.24) is 10.2 Å². The second kappa shape index (κ2) is 14.8. The van der Waals surface area contributed by atoms with Gasteiger partial charge in [0.15, 0.2) is 5.78 Å². The van der Waals surface area contributed by atoms with Crippen LogP contribution >= 0.6 is 0 Å². The van der Waals surface area contributed by atoms with Gasteiger partial charge in [-0.3, -0.25) is 14.5 Å². The predicted octanol–water partition coefficient (Wildman–Crippen LogP) is 6.07. The zero-order chi connectivity index (χ0) is 25.8. The number of aryl methyl sites for hydroxylation is 1. The number of alkyl halides is 1. The van der Waals surface area contributed by atoms with E-state index >= 15 is 0 Å². The van der Waals surface area contributed by atoms with E-state index in [0.29, 0.717) is 57.2 Å². The fourth-order valence-electron chi connectivity index (χ4n) is 4.78. The molecule has 3 rings (SSSR count). The van der Waals surface area contributed by atoms with Gasteiger partial charge < -0.3 is 5.32 Å². The molecular weight excluding hydrogens is 458 g/mol. The molecule has 2 aromatic rings. The minimum absolute atomic E-state index is 0.0404. The zero-order valence-electron chi connectivity index (χ0n) is 21.5. The van der Waals surface area contributed by atoms with Gasteiger partial charge in [-0.05, 0) is 73.9 Å². The first-order valence-corrected chi connectivity index (χ1v) is 13.4. The van der Waals surface area contributed by atoms with Gasteiger partial charge in [0.05, 0.1) is 0 Å². The SMILES string of the molecule is CCCCCc1ccc(C[C@@H](CN2CC[C@@H](F)C2)NC(=O)CCCCC(=O)c2ccc(F)cc2)cc1. The second-order valence-corrected chi connectivity index (χ2v) is 10.0. The lowest BCUT2D eigenvalue weighted by atomic mass is 10.0. The summed E-state index contributed by atoms with van der Waals surface area (Å²) in [7, 11) is 0. The molecule has 0 saturated carbocycles. The van der Waals surface area contributed by atoms with Crippen molar-refractivity contribution < 1.29 is 18.4 Å². The highest BCUT2D eigenvalue weighted by Gasteiger charge is 2.25. The number of unbranched alkanes of at least 4 members (excludes halogenated alkanes) is 3. The molecule has 4 nitrogen and oxygen atoms in total. The zero-order valence-corrected chi connectivity index (χ0v) is 21.5. The number of amides is 1. The van der Waals surface area contributed by atoms with Crippen LogP contribution in [-0.4, -0.2) is 48.4 Å². The lowest BCUT2D eigenvalue weighted by molar-refractivity contribution is -0.122. The van der Waals surface area contributed by atoms with Crippen molar-refractivity contribution in [2.75, 3.05) is 19.6 Å². The topological polar surface area (TPSA) is 49.4 Å². The highest BCUT2D eigenvalue weighted by molar-refractivity contribution is 5.95. The van der Waals surface area contributed by atoms with E-state index in [2.05, 4.69) is 41.4 Å². The lowest BCUT2D eigenvalue weighted by Gasteiger charge is -2.25. The summed E-state index contributed by atoms with van der Waals surface area (Å²) in [5, 5.41) is 3.16. The number of carbonyl (C=O) groups is 2. The Balaban J connectivity index is 1.47. The molecule has 0 bridgehead atoms. The summed E-state index contributed by atoms with van der Waals surface area (Å²) < 4.78 is 26.8. The van der Waals surface area contributed by atoms with Gasteiger partial charge >= 0.3 is 0 Å². The summed E-state index contributed by atoms with van der Waals surface area (Å²) in [6.07, 6.45) is 7.08. The number of benzene rings is 2. The molecule has 6 heteroatoms. The van der Waals surface area contributed by atoms with Crippen LogP contribution in [0.1, 0.15) is 79.8 Å². The number of carbonyl (C=O) groups excluding carboxylic acids is 2. The molecule has 1 heterocycles. The van der Waals surface area contributed by atoms with Crippen molar-refractivity contribution in [1.29, 1.82) is 0 Å². The fourth-order valence-corrected chi connectivity index (χ4v) is 4.78. The van der Waals surface area contributed by atoms with Gasteiger partial charge in [-0.25, -0.2) is 8.78 Å². The quantitative estimate of drug-likeness (QED) is 0.239. The summed E-state index contributed by atoms with van der Waals surface area (Å²) in [4.78, 5) is 27.0. The maximum Gasteiger partial charge on any atom is 0.220 e. The number of hydrogen-bond donors (Lipinski definition) is 1. The molecule has 0 aromatic heterocycles. The summed E-state index contributed by atoms with van der Waals surface area (Å²) in [6, 6.07) is 14.1. The number of Topliss-reactive ketones (excluding diaryl/α,β-unsaturated/α-hetero) is 1. The summed E-state index contributed by atoms with van der Waals surface area (Å²) >= 11 is 0. The van der Waals surface area contributed by atoms with Crippen molar-refractivity contribution in [2.24, 2.45) is 0 Å². The van der Waals surface area contributed by atoms with E-state index in [-0.39, 0.29) is 23.5 Å². The van der Waals surface area contributed by atoms with E-state index in [1.807, 2.05) is 0 Å². The number of ketones is 1. The van der Waals surface area contributed by atoms with Crippen LogP contribution in [0.25, 0.3) is 0 Å².